The minimum atomic E-state index is -0.232. The first-order valence-corrected chi connectivity index (χ1v) is 7.39. The maximum Gasteiger partial charge on any atom is 0.409 e. The minimum absolute atomic E-state index is 0.232. The molecule has 0 spiro atoms. The van der Waals surface area contributed by atoms with Crippen LogP contribution in [0.3, 0.4) is 0 Å². The van der Waals surface area contributed by atoms with E-state index in [0.29, 0.717) is 19.7 Å². The SMILES string of the molecule is CCNc1ncnc(N2CCN(C(=O)OCC)CC2)c1C. The van der Waals surface area contributed by atoms with Crippen molar-refractivity contribution < 1.29 is 9.53 Å². The molecule has 7 heteroatoms. The summed E-state index contributed by atoms with van der Waals surface area (Å²) >= 11 is 0. The lowest BCUT2D eigenvalue weighted by Crippen LogP contribution is -2.49. The van der Waals surface area contributed by atoms with Gasteiger partial charge in [-0.05, 0) is 20.8 Å². The summed E-state index contributed by atoms with van der Waals surface area (Å²) in [5.74, 6) is 1.81. The Morgan fingerprint density at radius 2 is 2.00 bits per heavy atom. The molecule has 0 aliphatic carbocycles. The molecule has 1 fully saturated rings. The van der Waals surface area contributed by atoms with Crippen LogP contribution in [0.15, 0.2) is 6.33 Å². The van der Waals surface area contributed by atoms with E-state index in [2.05, 4.69) is 20.2 Å². The third-order valence-electron chi connectivity index (χ3n) is 3.51. The molecule has 1 amide bonds. The first-order chi connectivity index (χ1) is 10.2. The normalized spacial score (nSPS) is 15.0. The molecule has 1 aliphatic heterocycles. The van der Waals surface area contributed by atoms with Gasteiger partial charge in [-0.2, -0.15) is 0 Å². The average molecular weight is 293 g/mol. The van der Waals surface area contributed by atoms with Crippen LogP contribution in [0, 0.1) is 6.92 Å². The number of carbonyl (C=O) groups excluding carboxylic acids is 1. The molecule has 2 heterocycles. The van der Waals surface area contributed by atoms with Gasteiger partial charge in [0.25, 0.3) is 0 Å². The summed E-state index contributed by atoms with van der Waals surface area (Å²) in [5, 5.41) is 3.24. The lowest BCUT2D eigenvalue weighted by atomic mass is 10.2. The van der Waals surface area contributed by atoms with Gasteiger partial charge >= 0.3 is 6.09 Å². The number of amides is 1. The van der Waals surface area contributed by atoms with E-state index in [1.54, 1.807) is 11.2 Å². The zero-order chi connectivity index (χ0) is 15.2. The van der Waals surface area contributed by atoms with Crippen molar-refractivity contribution in [1.82, 2.24) is 14.9 Å². The van der Waals surface area contributed by atoms with Crippen LogP contribution in [0.4, 0.5) is 16.4 Å². The van der Waals surface area contributed by atoms with Crippen molar-refractivity contribution >= 4 is 17.7 Å². The smallest absolute Gasteiger partial charge is 0.409 e. The zero-order valence-electron chi connectivity index (χ0n) is 12.9. The van der Waals surface area contributed by atoms with Gasteiger partial charge in [-0.15, -0.1) is 0 Å². The molecule has 0 saturated carbocycles. The highest BCUT2D eigenvalue weighted by Crippen LogP contribution is 2.23. The van der Waals surface area contributed by atoms with Gasteiger partial charge in [0, 0.05) is 38.3 Å². The fraction of sp³-hybridized carbons (Fsp3) is 0.643. The molecule has 0 bridgehead atoms. The van der Waals surface area contributed by atoms with E-state index in [9.17, 15) is 4.79 Å². The largest absolute Gasteiger partial charge is 0.450 e. The second kappa shape index (κ2) is 7.10. The van der Waals surface area contributed by atoms with Gasteiger partial charge in [-0.1, -0.05) is 0 Å². The molecule has 0 aromatic carbocycles. The number of ether oxygens (including phenoxy) is 1. The summed E-state index contributed by atoms with van der Waals surface area (Å²) in [5.41, 5.74) is 1.05. The van der Waals surface area contributed by atoms with Crippen LogP contribution in [-0.2, 0) is 4.74 Å². The monoisotopic (exact) mass is 293 g/mol. The number of aromatic nitrogens is 2. The Hall–Kier alpha value is -2.05. The van der Waals surface area contributed by atoms with E-state index in [4.69, 9.17) is 4.74 Å². The van der Waals surface area contributed by atoms with E-state index in [1.807, 2.05) is 20.8 Å². The van der Waals surface area contributed by atoms with Gasteiger partial charge in [-0.25, -0.2) is 14.8 Å². The molecule has 2 rings (SSSR count). The van der Waals surface area contributed by atoms with E-state index in [0.717, 1.165) is 36.8 Å². The van der Waals surface area contributed by atoms with Crippen molar-refractivity contribution in [2.45, 2.75) is 20.8 Å². The Balaban J connectivity index is 2.02. The zero-order valence-corrected chi connectivity index (χ0v) is 12.9. The fourth-order valence-corrected chi connectivity index (χ4v) is 2.42. The van der Waals surface area contributed by atoms with Crippen LogP contribution in [0.1, 0.15) is 19.4 Å². The van der Waals surface area contributed by atoms with E-state index in [-0.39, 0.29) is 6.09 Å². The summed E-state index contributed by atoms with van der Waals surface area (Å²) < 4.78 is 5.03. The predicted octanol–water partition coefficient (Wildman–Crippen LogP) is 1.50. The van der Waals surface area contributed by atoms with Crippen LogP contribution < -0.4 is 10.2 Å². The molecule has 0 unspecified atom stereocenters. The number of hydrogen-bond donors (Lipinski definition) is 1. The van der Waals surface area contributed by atoms with Crippen LogP contribution >= 0.6 is 0 Å². The van der Waals surface area contributed by atoms with E-state index >= 15 is 0 Å². The molecule has 1 aliphatic rings. The number of nitrogens with one attached hydrogen (secondary N) is 1. The quantitative estimate of drug-likeness (QED) is 0.907. The Labute approximate surface area is 125 Å². The second-order valence-electron chi connectivity index (χ2n) is 4.87. The molecule has 116 valence electrons. The maximum absolute atomic E-state index is 11.7. The second-order valence-corrected chi connectivity index (χ2v) is 4.87. The van der Waals surface area contributed by atoms with Crippen molar-refractivity contribution in [1.29, 1.82) is 0 Å². The molecule has 0 radical (unpaired) electrons. The molecule has 0 atom stereocenters. The molecule has 7 nitrogen and oxygen atoms in total. The number of anilines is 2. The number of carbonyl (C=O) groups is 1. The summed E-state index contributed by atoms with van der Waals surface area (Å²) in [6.45, 7) is 9.93. The Kier molecular flexibility index (Phi) is 5.19. The number of hydrogen-bond acceptors (Lipinski definition) is 6. The topological polar surface area (TPSA) is 70.6 Å². The van der Waals surface area contributed by atoms with Crippen molar-refractivity contribution in [2.75, 3.05) is 49.5 Å². The fourth-order valence-electron chi connectivity index (χ4n) is 2.42. The third kappa shape index (κ3) is 3.53. The molecule has 1 N–H and O–H groups in total. The minimum Gasteiger partial charge on any atom is -0.450 e. The molecule has 1 aromatic rings. The van der Waals surface area contributed by atoms with Crippen molar-refractivity contribution in [3.63, 3.8) is 0 Å². The van der Waals surface area contributed by atoms with Gasteiger partial charge in [0.2, 0.25) is 0 Å². The molecule has 1 saturated heterocycles. The lowest BCUT2D eigenvalue weighted by molar-refractivity contribution is 0.105. The number of piperazine rings is 1. The van der Waals surface area contributed by atoms with Crippen LogP contribution in [0.5, 0.6) is 0 Å². The van der Waals surface area contributed by atoms with Crippen LogP contribution in [-0.4, -0.2) is 60.3 Å². The molecular formula is C14H23N5O2. The van der Waals surface area contributed by atoms with Gasteiger partial charge in [0.05, 0.1) is 6.61 Å². The Bertz CT molecular complexity index is 486. The molecule has 21 heavy (non-hydrogen) atoms. The summed E-state index contributed by atoms with van der Waals surface area (Å²) in [4.78, 5) is 24.3. The number of rotatable bonds is 4. The third-order valence-corrected chi connectivity index (χ3v) is 3.51. The first kappa shape index (κ1) is 15.3. The maximum atomic E-state index is 11.7. The highest BCUT2D eigenvalue weighted by Gasteiger charge is 2.24. The summed E-state index contributed by atoms with van der Waals surface area (Å²) in [6.07, 6.45) is 1.35. The number of nitrogens with zero attached hydrogens (tertiary/aromatic N) is 4. The van der Waals surface area contributed by atoms with E-state index in [1.165, 1.54) is 0 Å². The molecular weight excluding hydrogens is 270 g/mol. The first-order valence-electron chi connectivity index (χ1n) is 7.39. The average Bonchev–Trinajstić information content (AvgIpc) is 2.50. The summed E-state index contributed by atoms with van der Waals surface area (Å²) in [6, 6.07) is 0. The Morgan fingerprint density at radius 1 is 1.29 bits per heavy atom. The van der Waals surface area contributed by atoms with Crippen molar-refractivity contribution in [3.05, 3.63) is 11.9 Å². The van der Waals surface area contributed by atoms with Crippen LogP contribution in [0.2, 0.25) is 0 Å². The van der Waals surface area contributed by atoms with Crippen LogP contribution in [0.25, 0.3) is 0 Å². The van der Waals surface area contributed by atoms with E-state index < -0.39 is 0 Å². The van der Waals surface area contributed by atoms with Crippen molar-refractivity contribution in [3.8, 4) is 0 Å². The van der Waals surface area contributed by atoms with Gasteiger partial charge in [-0.3, -0.25) is 0 Å². The predicted molar refractivity (Wildman–Crippen MR) is 81.7 cm³/mol. The van der Waals surface area contributed by atoms with Gasteiger partial charge < -0.3 is 19.9 Å². The molecule has 1 aromatic heterocycles. The van der Waals surface area contributed by atoms with Gasteiger partial charge in [0.15, 0.2) is 0 Å². The standard InChI is InChI=1S/C14H23N5O2/c1-4-15-12-11(3)13(17-10-16-12)18-6-8-19(9-7-18)14(20)21-5-2/h10H,4-9H2,1-3H3,(H,15,16,17). The van der Waals surface area contributed by atoms with Crippen molar-refractivity contribution in [2.24, 2.45) is 0 Å². The lowest BCUT2D eigenvalue weighted by Gasteiger charge is -2.35. The van der Waals surface area contributed by atoms with Gasteiger partial charge in [0.1, 0.15) is 18.0 Å². The Morgan fingerprint density at radius 3 is 2.62 bits per heavy atom. The highest BCUT2D eigenvalue weighted by atomic mass is 16.6. The highest BCUT2D eigenvalue weighted by molar-refractivity contribution is 5.68. The summed E-state index contributed by atoms with van der Waals surface area (Å²) in [7, 11) is 0.